The maximum Gasteiger partial charge on any atom is 0.332 e. The van der Waals surface area contributed by atoms with Gasteiger partial charge in [0.25, 0.3) is 5.56 Å². The zero-order valence-corrected chi connectivity index (χ0v) is 12.0. The van der Waals surface area contributed by atoms with E-state index in [-0.39, 0.29) is 12.1 Å². The van der Waals surface area contributed by atoms with E-state index in [0.717, 1.165) is 10.3 Å². The highest BCUT2D eigenvalue weighted by Crippen LogP contribution is 2.06. The number of fused-ring (bicyclic) bond motifs is 1. The Kier molecular flexibility index (Phi) is 3.00. The molecular weight excluding hydrogens is 274 g/mol. The Hall–Kier alpha value is -2.64. The molecule has 0 amide bonds. The van der Waals surface area contributed by atoms with Gasteiger partial charge < -0.3 is 9.09 Å². The number of aromatic nitrogens is 5. The minimum absolute atomic E-state index is 0.0795. The number of aryl methyl sites for hydroxylation is 3. The van der Waals surface area contributed by atoms with Gasteiger partial charge in [-0.1, -0.05) is 12.1 Å². The van der Waals surface area contributed by atoms with Gasteiger partial charge in [0.05, 0.1) is 12.9 Å². The van der Waals surface area contributed by atoms with E-state index in [0.29, 0.717) is 23.3 Å². The van der Waals surface area contributed by atoms with Crippen molar-refractivity contribution in [3.8, 4) is 0 Å². The molecule has 0 fully saturated rings. The number of nitrogens with zero attached hydrogens (tertiary/aromatic N) is 5. The van der Waals surface area contributed by atoms with Crippen molar-refractivity contribution in [1.29, 1.82) is 0 Å². The van der Waals surface area contributed by atoms with Crippen LogP contribution in [0.1, 0.15) is 18.4 Å². The minimum Gasteiger partial charge on any atom is -0.361 e. The van der Waals surface area contributed by atoms with Gasteiger partial charge in [-0.25, -0.2) is 9.78 Å². The first-order chi connectivity index (χ1) is 10.0. The first-order valence-corrected chi connectivity index (χ1v) is 6.58. The summed E-state index contributed by atoms with van der Waals surface area (Å²) in [7, 11) is 3.31. The summed E-state index contributed by atoms with van der Waals surface area (Å²) in [6.07, 6.45) is 2.22. The summed E-state index contributed by atoms with van der Waals surface area (Å²) < 4.78 is 9.20. The average Bonchev–Trinajstić information content (AvgIpc) is 3.08. The number of rotatable bonds is 3. The molecule has 3 rings (SSSR count). The van der Waals surface area contributed by atoms with Crippen LogP contribution in [0.25, 0.3) is 11.2 Å². The molecule has 3 aromatic heterocycles. The fourth-order valence-electron chi connectivity index (χ4n) is 2.29. The van der Waals surface area contributed by atoms with E-state index in [2.05, 4.69) is 10.1 Å². The van der Waals surface area contributed by atoms with Crippen molar-refractivity contribution in [3.05, 3.63) is 44.7 Å². The van der Waals surface area contributed by atoms with Crippen LogP contribution in [0.5, 0.6) is 0 Å². The lowest BCUT2D eigenvalue weighted by Gasteiger charge is -2.06. The number of imidazole rings is 1. The molecule has 0 unspecified atom stereocenters. The van der Waals surface area contributed by atoms with Crippen molar-refractivity contribution in [2.45, 2.75) is 19.9 Å². The van der Waals surface area contributed by atoms with Crippen LogP contribution in [-0.4, -0.2) is 23.8 Å². The van der Waals surface area contributed by atoms with Crippen molar-refractivity contribution in [3.63, 3.8) is 0 Å². The topological polar surface area (TPSA) is 87.9 Å². The van der Waals surface area contributed by atoms with Crippen molar-refractivity contribution in [2.24, 2.45) is 14.1 Å². The summed E-state index contributed by atoms with van der Waals surface area (Å²) >= 11 is 0. The third-order valence-corrected chi connectivity index (χ3v) is 3.48. The second kappa shape index (κ2) is 4.72. The summed E-state index contributed by atoms with van der Waals surface area (Å²) in [5.41, 5.74) is 0.503. The highest BCUT2D eigenvalue weighted by atomic mass is 16.5. The van der Waals surface area contributed by atoms with E-state index in [4.69, 9.17) is 4.52 Å². The predicted octanol–water partition coefficient (Wildman–Crippen LogP) is 0.0324. The van der Waals surface area contributed by atoms with Crippen LogP contribution in [0, 0.1) is 0 Å². The fraction of sp³-hybridized carbons (Fsp3) is 0.385. The SMILES string of the molecule is CCc1cc(Cn2c(=O)c3c(ncn3C)n(C)c2=O)no1. The molecule has 0 radical (unpaired) electrons. The van der Waals surface area contributed by atoms with Crippen LogP contribution in [0.3, 0.4) is 0 Å². The van der Waals surface area contributed by atoms with Gasteiger partial charge in [-0.3, -0.25) is 13.9 Å². The monoisotopic (exact) mass is 289 g/mol. The Balaban J connectivity index is 2.20. The van der Waals surface area contributed by atoms with Crippen LogP contribution >= 0.6 is 0 Å². The minimum atomic E-state index is -0.424. The summed E-state index contributed by atoms with van der Waals surface area (Å²) in [4.78, 5) is 28.9. The molecule has 0 aliphatic heterocycles. The van der Waals surface area contributed by atoms with Gasteiger partial charge in [0, 0.05) is 26.6 Å². The Morgan fingerprint density at radius 2 is 2.05 bits per heavy atom. The zero-order chi connectivity index (χ0) is 15.1. The summed E-state index contributed by atoms with van der Waals surface area (Å²) in [5.74, 6) is 0.719. The number of hydrogen-bond donors (Lipinski definition) is 0. The molecule has 0 saturated carbocycles. The van der Waals surface area contributed by atoms with Crippen LogP contribution in [0.15, 0.2) is 26.5 Å². The quantitative estimate of drug-likeness (QED) is 0.679. The lowest BCUT2D eigenvalue weighted by molar-refractivity contribution is 0.378. The van der Waals surface area contributed by atoms with E-state index < -0.39 is 5.69 Å². The fourth-order valence-corrected chi connectivity index (χ4v) is 2.29. The van der Waals surface area contributed by atoms with Gasteiger partial charge in [-0.05, 0) is 0 Å². The molecular formula is C13H15N5O3. The molecule has 8 nitrogen and oxygen atoms in total. The Bertz CT molecular complexity index is 928. The highest BCUT2D eigenvalue weighted by Gasteiger charge is 2.16. The third kappa shape index (κ3) is 1.99. The molecule has 0 saturated heterocycles. The van der Waals surface area contributed by atoms with Crippen molar-refractivity contribution < 1.29 is 4.52 Å². The third-order valence-electron chi connectivity index (χ3n) is 3.48. The molecule has 0 spiro atoms. The smallest absolute Gasteiger partial charge is 0.332 e. The Labute approximate surface area is 119 Å². The first kappa shape index (κ1) is 13.3. The standard InChI is InChI=1S/C13H15N5O3/c1-4-9-5-8(15-21-9)6-18-12(19)10-11(14-7-16(10)2)17(3)13(18)20/h5,7H,4,6H2,1-3H3. The largest absolute Gasteiger partial charge is 0.361 e. The Morgan fingerprint density at radius 3 is 2.71 bits per heavy atom. The van der Waals surface area contributed by atoms with Gasteiger partial charge in [-0.2, -0.15) is 0 Å². The van der Waals surface area contributed by atoms with E-state index in [1.165, 1.54) is 10.9 Å². The predicted molar refractivity (Wildman–Crippen MR) is 75.2 cm³/mol. The molecule has 0 bridgehead atoms. The second-order valence-corrected chi connectivity index (χ2v) is 4.90. The molecule has 110 valence electrons. The lowest BCUT2D eigenvalue weighted by Crippen LogP contribution is -2.39. The van der Waals surface area contributed by atoms with Gasteiger partial charge in [0.2, 0.25) is 0 Å². The normalized spacial score (nSPS) is 11.4. The molecule has 3 heterocycles. The van der Waals surface area contributed by atoms with Crippen molar-refractivity contribution in [1.82, 2.24) is 23.8 Å². The summed E-state index contributed by atoms with van der Waals surface area (Å²) in [5, 5.41) is 3.88. The molecule has 0 aliphatic rings. The van der Waals surface area contributed by atoms with Gasteiger partial charge in [0.15, 0.2) is 11.2 Å². The zero-order valence-electron chi connectivity index (χ0n) is 12.0. The molecule has 0 N–H and O–H groups in total. The molecule has 21 heavy (non-hydrogen) atoms. The second-order valence-electron chi connectivity index (χ2n) is 4.90. The van der Waals surface area contributed by atoms with E-state index in [1.807, 2.05) is 6.92 Å². The molecule has 0 aliphatic carbocycles. The van der Waals surface area contributed by atoms with E-state index in [1.54, 1.807) is 24.7 Å². The van der Waals surface area contributed by atoms with Crippen molar-refractivity contribution >= 4 is 11.2 Å². The first-order valence-electron chi connectivity index (χ1n) is 6.58. The van der Waals surface area contributed by atoms with Crippen LogP contribution in [-0.2, 0) is 27.1 Å². The summed E-state index contributed by atoms with van der Waals surface area (Å²) in [6.45, 7) is 2.02. The molecule has 0 aromatic carbocycles. The molecule has 0 atom stereocenters. The molecule has 8 heteroatoms. The van der Waals surface area contributed by atoms with Crippen LogP contribution in [0.4, 0.5) is 0 Å². The number of hydrogen-bond acceptors (Lipinski definition) is 5. The van der Waals surface area contributed by atoms with Crippen LogP contribution in [0.2, 0.25) is 0 Å². The van der Waals surface area contributed by atoms with Crippen LogP contribution < -0.4 is 11.2 Å². The Morgan fingerprint density at radius 1 is 1.29 bits per heavy atom. The van der Waals surface area contributed by atoms with Crippen molar-refractivity contribution in [2.75, 3.05) is 0 Å². The maximum absolute atomic E-state index is 12.5. The maximum atomic E-state index is 12.5. The van der Waals surface area contributed by atoms with Gasteiger partial charge in [-0.15, -0.1) is 0 Å². The average molecular weight is 289 g/mol. The summed E-state index contributed by atoms with van der Waals surface area (Å²) in [6, 6.07) is 1.75. The molecule has 3 aromatic rings. The highest BCUT2D eigenvalue weighted by molar-refractivity contribution is 5.69. The van der Waals surface area contributed by atoms with Gasteiger partial charge >= 0.3 is 5.69 Å². The van der Waals surface area contributed by atoms with Gasteiger partial charge in [0.1, 0.15) is 11.5 Å². The van der Waals surface area contributed by atoms with E-state index >= 15 is 0 Å². The van der Waals surface area contributed by atoms with E-state index in [9.17, 15) is 9.59 Å². The lowest BCUT2D eigenvalue weighted by atomic mass is 10.3.